The van der Waals surface area contributed by atoms with Gasteiger partial charge < -0.3 is 0 Å². The van der Waals surface area contributed by atoms with Crippen LogP contribution >= 0.6 is 11.3 Å². The molecule has 0 radical (unpaired) electrons. The third kappa shape index (κ3) is 1.39. The summed E-state index contributed by atoms with van der Waals surface area (Å²) in [5.41, 5.74) is 1.81. The predicted molar refractivity (Wildman–Crippen MR) is 63.4 cm³/mol. The van der Waals surface area contributed by atoms with Gasteiger partial charge in [-0.1, -0.05) is 6.07 Å². The second-order valence-electron chi connectivity index (χ2n) is 4.15. The van der Waals surface area contributed by atoms with E-state index < -0.39 is 0 Å². The van der Waals surface area contributed by atoms with Crippen molar-refractivity contribution >= 4 is 27.6 Å². The van der Waals surface area contributed by atoms with Crippen molar-refractivity contribution in [3.05, 3.63) is 28.8 Å². The summed E-state index contributed by atoms with van der Waals surface area (Å²) in [4.78, 5) is 18.8. The van der Waals surface area contributed by atoms with Crippen molar-refractivity contribution < 1.29 is 4.79 Å². The van der Waals surface area contributed by atoms with E-state index in [-0.39, 0.29) is 5.54 Å². The number of carbonyl (C=O) groups excluding carboxylic acids is 1. The maximum atomic E-state index is 10.4. The van der Waals surface area contributed by atoms with Crippen LogP contribution in [-0.2, 0) is 10.3 Å². The Morgan fingerprint density at radius 3 is 3.00 bits per heavy atom. The summed E-state index contributed by atoms with van der Waals surface area (Å²) < 4.78 is 1.19. The number of fused-ring (bicyclic) bond motifs is 1. The first-order chi connectivity index (χ1) is 7.73. The van der Waals surface area contributed by atoms with Gasteiger partial charge in [0.25, 0.3) is 0 Å². The molecule has 0 spiro atoms. The lowest BCUT2D eigenvalue weighted by Gasteiger charge is -2.06. The first-order valence-electron chi connectivity index (χ1n) is 5.20. The summed E-state index contributed by atoms with van der Waals surface area (Å²) in [7, 11) is 0. The zero-order chi connectivity index (χ0) is 11.2. The molecule has 80 valence electrons. The van der Waals surface area contributed by atoms with E-state index in [1.807, 2.05) is 19.1 Å². The number of nitrogens with zero attached hydrogens (tertiary/aromatic N) is 2. The van der Waals surface area contributed by atoms with Gasteiger partial charge in [0.1, 0.15) is 0 Å². The summed E-state index contributed by atoms with van der Waals surface area (Å²) in [5, 5.41) is 1.07. The van der Waals surface area contributed by atoms with Crippen molar-refractivity contribution in [3.8, 4) is 0 Å². The van der Waals surface area contributed by atoms with Crippen molar-refractivity contribution in [1.29, 1.82) is 0 Å². The van der Waals surface area contributed by atoms with E-state index in [9.17, 15) is 4.79 Å². The lowest BCUT2D eigenvalue weighted by atomic mass is 10.1. The number of thiazole rings is 1. The Morgan fingerprint density at radius 2 is 2.31 bits per heavy atom. The average Bonchev–Trinajstić information content (AvgIpc) is 2.93. The van der Waals surface area contributed by atoms with Crippen LogP contribution in [0.5, 0.6) is 0 Å². The Morgan fingerprint density at radius 1 is 1.50 bits per heavy atom. The second kappa shape index (κ2) is 3.24. The zero-order valence-corrected chi connectivity index (χ0v) is 9.67. The zero-order valence-electron chi connectivity index (χ0n) is 8.86. The fourth-order valence-corrected chi connectivity index (χ4v) is 2.81. The SMILES string of the molecule is Cc1nc2cc(C3(N=C=O)CC3)ccc2s1. The third-order valence-electron chi connectivity index (χ3n) is 3.02. The predicted octanol–water partition coefficient (Wildman–Crippen LogP) is 2.93. The van der Waals surface area contributed by atoms with E-state index in [0.717, 1.165) is 28.9 Å². The maximum Gasteiger partial charge on any atom is 0.235 e. The van der Waals surface area contributed by atoms with Crippen molar-refractivity contribution in [2.75, 3.05) is 0 Å². The first kappa shape index (κ1) is 9.70. The van der Waals surface area contributed by atoms with Gasteiger partial charge in [0, 0.05) is 0 Å². The van der Waals surface area contributed by atoms with Gasteiger partial charge >= 0.3 is 0 Å². The van der Waals surface area contributed by atoms with E-state index in [2.05, 4.69) is 16.0 Å². The number of hydrogen-bond donors (Lipinski definition) is 0. The van der Waals surface area contributed by atoms with Gasteiger partial charge in [-0.2, -0.15) is 4.99 Å². The molecule has 0 aliphatic heterocycles. The van der Waals surface area contributed by atoms with Gasteiger partial charge in [0.2, 0.25) is 6.08 Å². The molecule has 0 saturated heterocycles. The normalized spacial score (nSPS) is 17.1. The molecule has 0 N–H and O–H groups in total. The summed E-state index contributed by atoms with van der Waals surface area (Å²) in [6, 6.07) is 6.16. The molecular weight excluding hydrogens is 220 g/mol. The number of hydrogen-bond acceptors (Lipinski definition) is 4. The summed E-state index contributed by atoms with van der Waals surface area (Å²) in [6.07, 6.45) is 3.56. The molecule has 4 heteroatoms. The summed E-state index contributed by atoms with van der Waals surface area (Å²) in [5.74, 6) is 0. The number of rotatable bonds is 2. The first-order valence-corrected chi connectivity index (χ1v) is 6.02. The largest absolute Gasteiger partial charge is 0.242 e. The highest BCUT2D eigenvalue weighted by atomic mass is 32.1. The standard InChI is InChI=1S/C12H10N2OS/c1-8-14-10-6-9(2-3-11(10)16-8)12(4-5-12)13-7-15/h2-3,6H,4-5H2,1H3. The monoisotopic (exact) mass is 230 g/mol. The molecular formula is C12H10N2OS. The highest BCUT2D eigenvalue weighted by Gasteiger charge is 2.44. The molecule has 16 heavy (non-hydrogen) atoms. The minimum absolute atomic E-state index is 0.284. The number of aryl methyl sites for hydroxylation is 1. The van der Waals surface area contributed by atoms with Gasteiger partial charge in [-0.25, -0.2) is 9.78 Å². The molecule has 1 aliphatic carbocycles. The quantitative estimate of drug-likeness (QED) is 0.588. The molecule has 0 amide bonds. The molecule has 2 aromatic rings. The van der Waals surface area contributed by atoms with E-state index >= 15 is 0 Å². The van der Waals surface area contributed by atoms with Crippen LogP contribution in [0.2, 0.25) is 0 Å². The summed E-state index contributed by atoms with van der Waals surface area (Å²) in [6.45, 7) is 2.00. The number of aromatic nitrogens is 1. The highest BCUT2D eigenvalue weighted by Crippen LogP contribution is 2.49. The minimum Gasteiger partial charge on any atom is -0.242 e. The van der Waals surface area contributed by atoms with Crippen LogP contribution in [-0.4, -0.2) is 11.1 Å². The molecule has 0 unspecified atom stereocenters. The van der Waals surface area contributed by atoms with Gasteiger partial charge in [0.05, 0.1) is 20.8 Å². The second-order valence-corrected chi connectivity index (χ2v) is 5.38. The number of aliphatic imine (C=N–C) groups is 1. The van der Waals surface area contributed by atoms with E-state index in [0.29, 0.717) is 0 Å². The van der Waals surface area contributed by atoms with Gasteiger partial charge in [-0.05, 0) is 37.5 Å². The Balaban J connectivity index is 2.15. The lowest BCUT2D eigenvalue weighted by molar-refractivity contribution is 0.556. The Bertz CT molecular complexity index is 607. The molecule has 1 aromatic heterocycles. The minimum atomic E-state index is -0.284. The van der Waals surface area contributed by atoms with Crippen LogP contribution in [0.3, 0.4) is 0 Å². The van der Waals surface area contributed by atoms with Crippen LogP contribution in [0.4, 0.5) is 0 Å². The van der Waals surface area contributed by atoms with Crippen LogP contribution < -0.4 is 0 Å². The van der Waals surface area contributed by atoms with Gasteiger partial charge in [0.15, 0.2) is 0 Å². The molecule has 0 atom stereocenters. The number of isocyanates is 1. The van der Waals surface area contributed by atoms with E-state index in [1.165, 1.54) is 4.70 Å². The molecule has 1 saturated carbocycles. The molecule has 1 aromatic carbocycles. The van der Waals surface area contributed by atoms with Crippen LogP contribution in [0.15, 0.2) is 23.2 Å². The molecule has 3 rings (SSSR count). The number of benzene rings is 1. The van der Waals surface area contributed by atoms with E-state index in [4.69, 9.17) is 0 Å². The maximum absolute atomic E-state index is 10.4. The van der Waals surface area contributed by atoms with Crippen LogP contribution in [0, 0.1) is 6.92 Å². The Labute approximate surface area is 96.8 Å². The van der Waals surface area contributed by atoms with Crippen LogP contribution in [0.1, 0.15) is 23.4 Å². The molecule has 1 heterocycles. The lowest BCUT2D eigenvalue weighted by Crippen LogP contribution is -2.01. The van der Waals surface area contributed by atoms with Crippen molar-refractivity contribution in [1.82, 2.24) is 4.98 Å². The van der Waals surface area contributed by atoms with Gasteiger partial charge in [-0.15, -0.1) is 11.3 Å². The van der Waals surface area contributed by atoms with E-state index in [1.54, 1.807) is 17.4 Å². The molecule has 0 bridgehead atoms. The molecule has 1 aliphatic rings. The van der Waals surface area contributed by atoms with Crippen molar-refractivity contribution in [2.45, 2.75) is 25.3 Å². The topological polar surface area (TPSA) is 42.3 Å². The molecule has 1 fully saturated rings. The Hall–Kier alpha value is -1.51. The van der Waals surface area contributed by atoms with Crippen molar-refractivity contribution in [2.24, 2.45) is 4.99 Å². The summed E-state index contributed by atoms with van der Waals surface area (Å²) >= 11 is 1.69. The van der Waals surface area contributed by atoms with Gasteiger partial charge in [-0.3, -0.25) is 0 Å². The highest BCUT2D eigenvalue weighted by molar-refractivity contribution is 7.18. The van der Waals surface area contributed by atoms with Crippen molar-refractivity contribution in [3.63, 3.8) is 0 Å². The smallest absolute Gasteiger partial charge is 0.235 e. The Kier molecular flexibility index (Phi) is 1.96. The fourth-order valence-electron chi connectivity index (χ4n) is 2.00. The fraction of sp³-hybridized carbons (Fsp3) is 0.333. The third-order valence-corrected chi connectivity index (χ3v) is 3.97. The molecule has 3 nitrogen and oxygen atoms in total. The van der Waals surface area contributed by atoms with Crippen LogP contribution in [0.25, 0.3) is 10.2 Å². The average molecular weight is 230 g/mol.